The number of H-pyrrole nitrogens is 1. The predicted octanol–water partition coefficient (Wildman–Crippen LogP) is 4.71. The second-order valence-electron chi connectivity index (χ2n) is 8.11. The highest BCUT2D eigenvalue weighted by molar-refractivity contribution is 5.75. The number of allylic oxidation sites excluding steroid dienone is 3. The van der Waals surface area contributed by atoms with Crippen LogP contribution in [0.4, 0.5) is 0 Å². The van der Waals surface area contributed by atoms with Gasteiger partial charge >= 0.3 is 12.0 Å². The minimum absolute atomic E-state index is 0.0127. The highest BCUT2D eigenvalue weighted by Gasteiger charge is 2.36. The molecule has 2 N–H and O–H groups in total. The van der Waals surface area contributed by atoms with Gasteiger partial charge in [0.15, 0.2) is 5.82 Å². The van der Waals surface area contributed by atoms with Gasteiger partial charge in [0.2, 0.25) is 5.88 Å². The van der Waals surface area contributed by atoms with Gasteiger partial charge < -0.3 is 14.6 Å². The van der Waals surface area contributed by atoms with Crippen LogP contribution < -0.4 is 9.47 Å². The quantitative estimate of drug-likeness (QED) is 0.351. The standard InChI is InChI=1S/C24H33N5O4/c1-8-24(9-2,22(30)31)14-32-20-12-17(6)18(13-26-20)19(25-7)11-10-16(5)21-27-23(29-28-21)33-15(3)4/h10-13,15H,7-9,14H2,1-6H3,(H,30,31)(H,27,28,29)/b16-10+,19-11-. The molecule has 2 heterocycles. The van der Waals surface area contributed by atoms with Gasteiger partial charge in [-0.15, -0.1) is 5.10 Å². The van der Waals surface area contributed by atoms with Crippen molar-refractivity contribution in [3.63, 3.8) is 0 Å². The lowest BCUT2D eigenvalue weighted by molar-refractivity contribution is -0.151. The van der Waals surface area contributed by atoms with Gasteiger partial charge in [0.1, 0.15) is 12.0 Å². The molecule has 2 aromatic rings. The zero-order valence-corrected chi connectivity index (χ0v) is 20.2. The Labute approximate surface area is 194 Å². The number of hydrogen-bond donors (Lipinski definition) is 2. The first-order valence-corrected chi connectivity index (χ1v) is 10.9. The SMILES string of the molecule is C=N/C(=C\C=C(/C)c1nc(OC(C)C)n[nH]1)c1cnc(OCC(CC)(CC)C(=O)O)cc1C. The van der Waals surface area contributed by atoms with E-state index in [0.29, 0.717) is 36.3 Å². The number of hydrogen-bond acceptors (Lipinski definition) is 7. The molecule has 0 aliphatic heterocycles. The maximum atomic E-state index is 11.7. The number of rotatable bonds is 12. The van der Waals surface area contributed by atoms with Crippen molar-refractivity contribution >= 4 is 24.0 Å². The zero-order valence-electron chi connectivity index (χ0n) is 20.2. The third-order valence-corrected chi connectivity index (χ3v) is 5.51. The molecule has 0 atom stereocenters. The van der Waals surface area contributed by atoms with Crippen molar-refractivity contribution in [2.45, 2.75) is 60.5 Å². The molecular weight excluding hydrogens is 422 g/mol. The molecule has 9 nitrogen and oxygen atoms in total. The molecule has 0 saturated heterocycles. The first-order chi connectivity index (χ1) is 15.7. The van der Waals surface area contributed by atoms with Gasteiger partial charge in [-0.1, -0.05) is 19.9 Å². The Bertz CT molecular complexity index is 1040. The number of aromatic amines is 1. The van der Waals surface area contributed by atoms with Gasteiger partial charge in [-0.2, -0.15) is 4.98 Å². The number of nitrogens with one attached hydrogen (secondary N) is 1. The summed E-state index contributed by atoms with van der Waals surface area (Å²) in [5, 5.41) is 16.5. The van der Waals surface area contributed by atoms with Crippen LogP contribution in [0.1, 0.15) is 64.4 Å². The lowest BCUT2D eigenvalue weighted by atomic mass is 9.83. The number of aliphatic imine (C=N–C) groups is 1. The normalized spacial score (nSPS) is 12.7. The molecule has 0 saturated carbocycles. The Morgan fingerprint density at radius 1 is 1.33 bits per heavy atom. The summed E-state index contributed by atoms with van der Waals surface area (Å²) in [7, 11) is 0. The summed E-state index contributed by atoms with van der Waals surface area (Å²) in [5.74, 6) is 0.106. The van der Waals surface area contributed by atoms with Crippen LogP contribution in [-0.2, 0) is 4.79 Å². The zero-order chi connectivity index (χ0) is 24.6. The Morgan fingerprint density at radius 3 is 2.58 bits per heavy atom. The molecule has 0 amide bonds. The van der Waals surface area contributed by atoms with Gasteiger partial charge in [0.25, 0.3) is 0 Å². The maximum absolute atomic E-state index is 11.7. The van der Waals surface area contributed by atoms with Crippen molar-refractivity contribution < 1.29 is 19.4 Å². The number of aromatic nitrogens is 4. The number of carbonyl (C=O) groups is 1. The van der Waals surface area contributed by atoms with E-state index in [1.807, 2.05) is 53.7 Å². The molecule has 0 fully saturated rings. The van der Waals surface area contributed by atoms with Crippen molar-refractivity contribution in [3.8, 4) is 11.9 Å². The number of carboxylic acid groups (broad SMARTS) is 1. The third-order valence-electron chi connectivity index (χ3n) is 5.51. The van der Waals surface area contributed by atoms with Gasteiger partial charge in [0, 0.05) is 17.8 Å². The van der Waals surface area contributed by atoms with E-state index >= 15 is 0 Å². The van der Waals surface area contributed by atoms with Crippen LogP contribution in [0.3, 0.4) is 0 Å². The van der Waals surface area contributed by atoms with Crippen molar-refractivity contribution in [2.24, 2.45) is 10.4 Å². The summed E-state index contributed by atoms with van der Waals surface area (Å²) in [6.07, 6.45) is 6.27. The van der Waals surface area contributed by atoms with E-state index in [1.165, 1.54) is 0 Å². The van der Waals surface area contributed by atoms with Gasteiger partial charge in [0.05, 0.1) is 11.8 Å². The fourth-order valence-electron chi connectivity index (χ4n) is 3.10. The van der Waals surface area contributed by atoms with E-state index < -0.39 is 11.4 Å². The Kier molecular flexibility index (Phi) is 8.90. The lowest BCUT2D eigenvalue weighted by Crippen LogP contribution is -2.36. The maximum Gasteiger partial charge on any atom is 0.336 e. The van der Waals surface area contributed by atoms with Crippen LogP contribution in [0.2, 0.25) is 0 Å². The molecule has 0 radical (unpaired) electrons. The smallest absolute Gasteiger partial charge is 0.336 e. The van der Waals surface area contributed by atoms with Gasteiger partial charge in [-0.3, -0.25) is 14.9 Å². The Hall–Kier alpha value is -3.49. The second-order valence-corrected chi connectivity index (χ2v) is 8.11. The first kappa shape index (κ1) is 25.8. The molecule has 2 aromatic heterocycles. The predicted molar refractivity (Wildman–Crippen MR) is 128 cm³/mol. The van der Waals surface area contributed by atoms with Crippen LogP contribution in [0, 0.1) is 12.3 Å². The molecule has 2 rings (SSSR count). The highest BCUT2D eigenvalue weighted by Crippen LogP contribution is 2.29. The van der Waals surface area contributed by atoms with E-state index in [2.05, 4.69) is 31.9 Å². The minimum atomic E-state index is -0.926. The number of aryl methyl sites for hydroxylation is 1. The summed E-state index contributed by atoms with van der Waals surface area (Å²) in [6.45, 7) is 15.1. The second kappa shape index (κ2) is 11.4. The molecule has 0 unspecified atom stereocenters. The topological polar surface area (TPSA) is 123 Å². The summed E-state index contributed by atoms with van der Waals surface area (Å²) >= 11 is 0. The number of nitrogens with zero attached hydrogens (tertiary/aromatic N) is 4. The van der Waals surface area contributed by atoms with Crippen molar-refractivity contribution in [1.82, 2.24) is 20.2 Å². The fourth-order valence-corrected chi connectivity index (χ4v) is 3.10. The van der Waals surface area contributed by atoms with Crippen LogP contribution in [0.25, 0.3) is 11.3 Å². The molecule has 178 valence electrons. The van der Waals surface area contributed by atoms with Crippen LogP contribution in [0.5, 0.6) is 11.9 Å². The number of aliphatic carboxylic acids is 1. The molecule has 0 bridgehead atoms. The third kappa shape index (κ3) is 6.50. The molecule has 0 aliphatic rings. The molecule has 9 heteroatoms. The molecular formula is C24H33N5O4. The average molecular weight is 456 g/mol. The summed E-state index contributed by atoms with van der Waals surface area (Å²) in [6, 6.07) is 2.07. The Balaban J connectivity index is 2.20. The largest absolute Gasteiger partial charge is 0.481 e. The van der Waals surface area contributed by atoms with Gasteiger partial charge in [-0.25, -0.2) is 4.98 Å². The van der Waals surface area contributed by atoms with E-state index in [-0.39, 0.29) is 12.7 Å². The summed E-state index contributed by atoms with van der Waals surface area (Å²) in [5.41, 5.74) is 2.22. The highest BCUT2D eigenvalue weighted by atomic mass is 16.5. The number of pyridine rings is 1. The average Bonchev–Trinajstić information content (AvgIpc) is 3.23. The van der Waals surface area contributed by atoms with Crippen LogP contribution in [0.15, 0.2) is 29.4 Å². The van der Waals surface area contributed by atoms with Crippen molar-refractivity contribution in [1.29, 1.82) is 0 Å². The summed E-state index contributed by atoms with van der Waals surface area (Å²) in [4.78, 5) is 24.5. The molecule has 33 heavy (non-hydrogen) atoms. The minimum Gasteiger partial charge on any atom is -0.481 e. The van der Waals surface area contributed by atoms with Crippen LogP contribution in [-0.4, -0.2) is 50.7 Å². The first-order valence-electron chi connectivity index (χ1n) is 10.9. The number of carboxylic acids is 1. The van der Waals surface area contributed by atoms with Gasteiger partial charge in [-0.05, 0) is 64.5 Å². The van der Waals surface area contributed by atoms with E-state index in [9.17, 15) is 9.90 Å². The lowest BCUT2D eigenvalue weighted by Gasteiger charge is -2.26. The van der Waals surface area contributed by atoms with Crippen molar-refractivity contribution in [3.05, 3.63) is 41.4 Å². The molecule has 0 spiro atoms. The van der Waals surface area contributed by atoms with Crippen LogP contribution >= 0.6 is 0 Å². The van der Waals surface area contributed by atoms with E-state index in [4.69, 9.17) is 9.47 Å². The van der Waals surface area contributed by atoms with Crippen molar-refractivity contribution in [2.75, 3.05) is 6.61 Å². The van der Waals surface area contributed by atoms with E-state index in [1.54, 1.807) is 12.3 Å². The summed E-state index contributed by atoms with van der Waals surface area (Å²) < 4.78 is 11.2. The number of ether oxygens (including phenoxy) is 2. The fraction of sp³-hybridized carbons (Fsp3) is 0.458. The Morgan fingerprint density at radius 2 is 2.03 bits per heavy atom. The molecule has 0 aromatic carbocycles. The monoisotopic (exact) mass is 455 g/mol. The molecule has 0 aliphatic carbocycles. The van der Waals surface area contributed by atoms with E-state index in [0.717, 1.165) is 16.7 Å².